The summed E-state index contributed by atoms with van der Waals surface area (Å²) in [7, 11) is 0. The number of para-hydroxylation sites is 1. The molecule has 16 heavy (non-hydrogen) atoms. The van der Waals surface area contributed by atoms with Gasteiger partial charge in [0.25, 0.3) is 0 Å². The topological polar surface area (TPSA) is 45.5 Å². The third-order valence-corrected chi connectivity index (χ3v) is 2.51. The van der Waals surface area contributed by atoms with Crippen molar-refractivity contribution in [2.45, 2.75) is 0 Å². The molecule has 1 aliphatic rings. The van der Waals surface area contributed by atoms with Crippen molar-refractivity contribution >= 4 is 5.84 Å². The Morgan fingerprint density at radius 1 is 1.25 bits per heavy atom. The van der Waals surface area contributed by atoms with Crippen LogP contribution in [0.4, 0.5) is 0 Å². The number of amidine groups is 1. The van der Waals surface area contributed by atoms with Crippen LogP contribution in [0.2, 0.25) is 0 Å². The van der Waals surface area contributed by atoms with E-state index in [0.29, 0.717) is 25.7 Å². The first kappa shape index (κ1) is 11.0. The second-order valence-corrected chi connectivity index (χ2v) is 3.65. The fourth-order valence-corrected chi connectivity index (χ4v) is 1.59. The molecule has 4 heteroatoms. The lowest BCUT2D eigenvalue weighted by molar-refractivity contribution is 0.0656. The molecule has 0 radical (unpaired) electrons. The van der Waals surface area contributed by atoms with E-state index in [9.17, 15) is 0 Å². The molecule has 1 aliphatic heterocycles. The van der Waals surface area contributed by atoms with E-state index in [4.69, 9.17) is 14.9 Å². The highest BCUT2D eigenvalue weighted by Gasteiger charge is 2.13. The molecule has 0 spiro atoms. The summed E-state index contributed by atoms with van der Waals surface area (Å²) in [5, 5.41) is 7.88. The normalized spacial score (nSPS) is 15.9. The van der Waals surface area contributed by atoms with E-state index in [1.54, 1.807) is 0 Å². The molecule has 0 aliphatic carbocycles. The third-order valence-electron chi connectivity index (χ3n) is 2.51. The molecule has 0 saturated carbocycles. The van der Waals surface area contributed by atoms with E-state index in [-0.39, 0.29) is 0 Å². The summed E-state index contributed by atoms with van der Waals surface area (Å²) in [6, 6.07) is 9.58. The minimum atomic E-state index is 0.323. The third kappa shape index (κ3) is 2.97. The molecule has 1 aromatic rings. The van der Waals surface area contributed by atoms with Crippen molar-refractivity contribution in [2.24, 2.45) is 0 Å². The highest BCUT2D eigenvalue weighted by Crippen LogP contribution is 2.08. The van der Waals surface area contributed by atoms with E-state index in [1.807, 2.05) is 35.2 Å². The number of ether oxygens (including phenoxy) is 2. The number of nitrogens with zero attached hydrogens (tertiary/aromatic N) is 1. The number of hydrogen-bond donors (Lipinski definition) is 1. The van der Waals surface area contributed by atoms with Crippen molar-refractivity contribution in [3.05, 3.63) is 30.3 Å². The van der Waals surface area contributed by atoms with Crippen molar-refractivity contribution in [2.75, 3.05) is 32.9 Å². The lowest BCUT2D eigenvalue weighted by Gasteiger charge is -2.28. The molecule has 1 heterocycles. The number of rotatable bonds is 3. The van der Waals surface area contributed by atoms with Crippen LogP contribution < -0.4 is 4.74 Å². The predicted octanol–water partition coefficient (Wildman–Crippen LogP) is 1.37. The van der Waals surface area contributed by atoms with E-state index >= 15 is 0 Å². The molecule has 86 valence electrons. The SMILES string of the molecule is N=C(COc1ccccc1)N1CCOCC1. The van der Waals surface area contributed by atoms with Gasteiger partial charge in [-0.1, -0.05) is 18.2 Å². The van der Waals surface area contributed by atoms with Crippen molar-refractivity contribution in [1.29, 1.82) is 5.41 Å². The second kappa shape index (κ2) is 5.51. The van der Waals surface area contributed by atoms with Gasteiger partial charge in [-0.2, -0.15) is 0 Å². The second-order valence-electron chi connectivity index (χ2n) is 3.65. The lowest BCUT2D eigenvalue weighted by atomic mass is 10.3. The van der Waals surface area contributed by atoms with Crippen LogP contribution in [0.15, 0.2) is 30.3 Å². The predicted molar refractivity (Wildman–Crippen MR) is 62.1 cm³/mol. The monoisotopic (exact) mass is 220 g/mol. The molecule has 0 atom stereocenters. The molecule has 1 fully saturated rings. The summed E-state index contributed by atoms with van der Waals surface area (Å²) in [5.74, 6) is 1.33. The average Bonchev–Trinajstić information content (AvgIpc) is 2.38. The molecule has 0 bridgehead atoms. The molecule has 1 aromatic carbocycles. The number of morpholine rings is 1. The van der Waals surface area contributed by atoms with Crippen LogP contribution in [-0.4, -0.2) is 43.6 Å². The Hall–Kier alpha value is -1.55. The van der Waals surface area contributed by atoms with Crippen molar-refractivity contribution in [3.8, 4) is 5.75 Å². The summed E-state index contributed by atoms with van der Waals surface area (Å²) in [4.78, 5) is 1.99. The fraction of sp³-hybridized carbons (Fsp3) is 0.417. The van der Waals surface area contributed by atoms with Gasteiger partial charge < -0.3 is 14.4 Å². The smallest absolute Gasteiger partial charge is 0.145 e. The Morgan fingerprint density at radius 2 is 1.94 bits per heavy atom. The average molecular weight is 220 g/mol. The maximum Gasteiger partial charge on any atom is 0.145 e. The Morgan fingerprint density at radius 3 is 2.62 bits per heavy atom. The first-order valence-electron chi connectivity index (χ1n) is 5.44. The highest BCUT2D eigenvalue weighted by molar-refractivity contribution is 5.80. The van der Waals surface area contributed by atoms with Crippen LogP contribution >= 0.6 is 0 Å². The van der Waals surface area contributed by atoms with Crippen LogP contribution in [-0.2, 0) is 4.74 Å². The molecule has 0 unspecified atom stereocenters. The summed E-state index contributed by atoms with van der Waals surface area (Å²) in [6.45, 7) is 3.30. The van der Waals surface area contributed by atoms with Gasteiger partial charge in [-0.05, 0) is 12.1 Å². The molecular formula is C12H16N2O2. The zero-order valence-corrected chi connectivity index (χ0v) is 9.19. The maximum absolute atomic E-state index is 7.88. The minimum Gasteiger partial charge on any atom is -0.486 e. The largest absolute Gasteiger partial charge is 0.486 e. The molecular weight excluding hydrogens is 204 g/mol. The molecule has 0 amide bonds. The Balaban J connectivity index is 1.79. The van der Waals surface area contributed by atoms with Gasteiger partial charge in [0.1, 0.15) is 18.2 Å². The molecule has 1 N–H and O–H groups in total. The summed E-state index contributed by atoms with van der Waals surface area (Å²) in [6.07, 6.45) is 0. The lowest BCUT2D eigenvalue weighted by Crippen LogP contribution is -2.42. The van der Waals surface area contributed by atoms with E-state index < -0.39 is 0 Å². The van der Waals surface area contributed by atoms with Gasteiger partial charge in [-0.3, -0.25) is 5.41 Å². The Labute approximate surface area is 95.3 Å². The quantitative estimate of drug-likeness (QED) is 0.618. The minimum absolute atomic E-state index is 0.323. The van der Waals surface area contributed by atoms with Gasteiger partial charge in [-0.15, -0.1) is 0 Å². The molecule has 0 aromatic heterocycles. The summed E-state index contributed by atoms with van der Waals surface area (Å²) in [5.41, 5.74) is 0. The van der Waals surface area contributed by atoms with E-state index in [1.165, 1.54) is 0 Å². The molecule has 4 nitrogen and oxygen atoms in total. The summed E-state index contributed by atoms with van der Waals surface area (Å²) >= 11 is 0. The van der Waals surface area contributed by atoms with Crippen LogP contribution in [0.1, 0.15) is 0 Å². The van der Waals surface area contributed by atoms with Gasteiger partial charge in [-0.25, -0.2) is 0 Å². The van der Waals surface area contributed by atoms with E-state index in [0.717, 1.165) is 18.8 Å². The zero-order valence-electron chi connectivity index (χ0n) is 9.19. The zero-order chi connectivity index (χ0) is 11.2. The van der Waals surface area contributed by atoms with Crippen LogP contribution in [0.5, 0.6) is 5.75 Å². The first-order valence-corrected chi connectivity index (χ1v) is 5.44. The highest BCUT2D eigenvalue weighted by atomic mass is 16.5. The molecule has 2 rings (SSSR count). The van der Waals surface area contributed by atoms with Gasteiger partial charge in [0.2, 0.25) is 0 Å². The van der Waals surface area contributed by atoms with Crippen molar-refractivity contribution < 1.29 is 9.47 Å². The van der Waals surface area contributed by atoms with Crippen LogP contribution in [0.3, 0.4) is 0 Å². The van der Waals surface area contributed by atoms with Crippen LogP contribution in [0, 0.1) is 5.41 Å². The first-order chi connectivity index (χ1) is 7.86. The fourth-order valence-electron chi connectivity index (χ4n) is 1.59. The van der Waals surface area contributed by atoms with Crippen molar-refractivity contribution in [1.82, 2.24) is 4.90 Å². The van der Waals surface area contributed by atoms with Gasteiger partial charge in [0.15, 0.2) is 0 Å². The number of hydrogen-bond acceptors (Lipinski definition) is 3. The van der Waals surface area contributed by atoms with Crippen LogP contribution in [0.25, 0.3) is 0 Å². The van der Waals surface area contributed by atoms with Gasteiger partial charge in [0.05, 0.1) is 13.2 Å². The maximum atomic E-state index is 7.88. The Kier molecular flexibility index (Phi) is 3.77. The standard InChI is InChI=1S/C12H16N2O2/c13-12(14-6-8-15-9-7-14)10-16-11-4-2-1-3-5-11/h1-5,13H,6-10H2. The number of benzene rings is 1. The summed E-state index contributed by atoms with van der Waals surface area (Å²) < 4.78 is 10.7. The van der Waals surface area contributed by atoms with Crippen molar-refractivity contribution in [3.63, 3.8) is 0 Å². The molecule has 1 saturated heterocycles. The Bertz CT molecular complexity index is 334. The van der Waals surface area contributed by atoms with Gasteiger partial charge in [0, 0.05) is 13.1 Å². The van der Waals surface area contributed by atoms with E-state index in [2.05, 4.69) is 0 Å². The number of nitrogens with one attached hydrogen (secondary N) is 1. The van der Waals surface area contributed by atoms with Gasteiger partial charge >= 0.3 is 0 Å².